The molecule has 0 spiro atoms. The first-order valence-corrected chi connectivity index (χ1v) is 10.5. The molecule has 3 rings (SSSR count). The highest BCUT2D eigenvalue weighted by molar-refractivity contribution is 9.15. The molecule has 3 nitrogen and oxygen atoms in total. The monoisotopic (exact) mass is 406 g/mol. The summed E-state index contributed by atoms with van der Waals surface area (Å²) >= 11 is 3.60. The maximum Gasteiger partial charge on any atom is 0.291 e. The highest BCUT2D eigenvalue weighted by atomic mass is 79.9. The average Bonchev–Trinajstić information content (AvgIpc) is 2.62. The first-order valence-electron chi connectivity index (χ1n) is 8.07. The van der Waals surface area contributed by atoms with Gasteiger partial charge in [-0.2, -0.15) is 0 Å². The fourth-order valence-corrected chi connectivity index (χ4v) is 5.77. The maximum absolute atomic E-state index is 13.4. The molecule has 5 heteroatoms. The van der Waals surface area contributed by atoms with Crippen LogP contribution >= 0.6 is 23.9 Å². The third-order valence-electron chi connectivity index (χ3n) is 4.03. The van der Waals surface area contributed by atoms with Crippen LogP contribution in [0.25, 0.3) is 4.48 Å². The van der Waals surface area contributed by atoms with Crippen LogP contribution in [0, 0.1) is 0 Å². The van der Waals surface area contributed by atoms with Crippen molar-refractivity contribution in [3.63, 3.8) is 0 Å². The Kier molecular flexibility index (Phi) is 5.72. The topological polar surface area (TPSA) is 41.5 Å². The molecule has 2 atom stereocenters. The molecule has 126 valence electrons. The third-order valence-corrected chi connectivity index (χ3v) is 7.34. The van der Waals surface area contributed by atoms with Crippen molar-refractivity contribution < 1.29 is 13.9 Å². The summed E-state index contributed by atoms with van der Waals surface area (Å²) in [5.41, 5.74) is 1.79. The molecule has 2 aromatic rings. The van der Waals surface area contributed by atoms with Crippen molar-refractivity contribution >= 4 is 28.4 Å². The Morgan fingerprint density at radius 2 is 1.79 bits per heavy atom. The molecule has 0 N–H and O–H groups in total. The first kappa shape index (κ1) is 17.6. The first-order chi connectivity index (χ1) is 11.6. The van der Waals surface area contributed by atoms with Crippen molar-refractivity contribution in [2.24, 2.45) is 0 Å². The zero-order valence-electron chi connectivity index (χ0n) is 13.5. The lowest BCUT2D eigenvalue weighted by Crippen LogP contribution is -2.26. The molecule has 0 saturated carbocycles. The van der Waals surface area contributed by atoms with Crippen LogP contribution in [0.1, 0.15) is 36.6 Å². The van der Waals surface area contributed by atoms with Crippen molar-refractivity contribution in [3.8, 4) is 0 Å². The lowest BCUT2D eigenvalue weighted by Gasteiger charge is -2.38. The van der Waals surface area contributed by atoms with Gasteiger partial charge >= 0.3 is 0 Å². The van der Waals surface area contributed by atoms with E-state index in [1.807, 2.05) is 67.6 Å². The Labute approximate surface area is 152 Å². The third kappa shape index (κ3) is 3.73. The summed E-state index contributed by atoms with van der Waals surface area (Å²) in [6.45, 7) is 2.20. The summed E-state index contributed by atoms with van der Waals surface area (Å²) in [5, 5.41) is 0. The van der Waals surface area contributed by atoms with Gasteiger partial charge in [0, 0.05) is 12.8 Å². The van der Waals surface area contributed by atoms with Crippen LogP contribution in [-0.4, -0.2) is 6.61 Å². The smallest absolute Gasteiger partial charge is 0.291 e. The van der Waals surface area contributed by atoms with Crippen molar-refractivity contribution in [3.05, 3.63) is 77.5 Å². The van der Waals surface area contributed by atoms with E-state index in [1.54, 1.807) is 0 Å². The van der Waals surface area contributed by atoms with Gasteiger partial charge in [-0.1, -0.05) is 60.7 Å². The molecular weight excluding hydrogens is 387 g/mol. The molecule has 1 aliphatic heterocycles. The Morgan fingerprint density at radius 1 is 1.17 bits per heavy atom. The maximum atomic E-state index is 13.4. The van der Waals surface area contributed by atoms with Crippen molar-refractivity contribution in [2.75, 3.05) is 6.61 Å². The molecule has 2 unspecified atom stereocenters. The average molecular weight is 407 g/mol. The normalized spacial score (nSPS) is 25.9. The zero-order valence-corrected chi connectivity index (χ0v) is 16.0. The lowest BCUT2D eigenvalue weighted by molar-refractivity contribution is -0.220. The van der Waals surface area contributed by atoms with Crippen molar-refractivity contribution in [2.45, 2.75) is 25.4 Å². The number of halogens is 1. The van der Waals surface area contributed by atoms with Crippen molar-refractivity contribution in [1.82, 2.24) is 0 Å². The van der Waals surface area contributed by atoms with E-state index in [1.165, 1.54) is 0 Å². The molecule has 0 bridgehead atoms. The predicted octanol–water partition coefficient (Wildman–Crippen LogP) is 5.46. The summed E-state index contributed by atoms with van der Waals surface area (Å²) in [7, 11) is -3.26. The van der Waals surface area contributed by atoms with Crippen LogP contribution in [0.3, 0.4) is 0 Å². The van der Waals surface area contributed by atoms with E-state index in [4.69, 9.17) is 9.05 Å². The van der Waals surface area contributed by atoms with Gasteiger partial charge in [0.05, 0.1) is 11.1 Å². The molecule has 0 aliphatic carbocycles. The SMILES string of the molecule is CCO[P+]1([O-])O/C(=C(\Br)c2ccccc2)CCC1c1ccccc1. The van der Waals surface area contributed by atoms with E-state index in [2.05, 4.69) is 15.9 Å². The van der Waals surface area contributed by atoms with Gasteiger partial charge in [0.25, 0.3) is 7.94 Å². The Bertz CT molecular complexity index is 705. The quantitative estimate of drug-likeness (QED) is 0.632. The van der Waals surface area contributed by atoms with Crippen LogP contribution in [0.15, 0.2) is 66.4 Å². The van der Waals surface area contributed by atoms with Crippen LogP contribution < -0.4 is 4.89 Å². The van der Waals surface area contributed by atoms with Crippen molar-refractivity contribution in [1.29, 1.82) is 0 Å². The molecular formula is C19H20BrO3P. The molecule has 1 heterocycles. The van der Waals surface area contributed by atoms with E-state index in [0.717, 1.165) is 22.0 Å². The molecule has 1 saturated heterocycles. The summed E-state index contributed by atoms with van der Waals surface area (Å²) in [6.07, 6.45) is 1.45. The van der Waals surface area contributed by atoms with Crippen LogP contribution in [0.4, 0.5) is 0 Å². The zero-order chi connectivity index (χ0) is 17.0. The number of allylic oxidation sites excluding steroid dienone is 1. The number of rotatable bonds is 4. The van der Waals surface area contributed by atoms with Gasteiger partial charge in [0.1, 0.15) is 0 Å². The fourth-order valence-electron chi connectivity index (χ4n) is 2.90. The summed E-state index contributed by atoms with van der Waals surface area (Å²) < 4.78 is 12.4. The summed E-state index contributed by atoms with van der Waals surface area (Å²) in [4.78, 5) is 13.4. The highest BCUT2D eigenvalue weighted by Gasteiger charge is 2.47. The molecule has 24 heavy (non-hydrogen) atoms. The van der Waals surface area contributed by atoms with E-state index in [9.17, 15) is 4.89 Å². The second-order valence-corrected chi connectivity index (χ2v) is 8.55. The van der Waals surface area contributed by atoms with E-state index in [-0.39, 0.29) is 5.66 Å². The standard InChI is InChI=1S/C19H20BrO3P/c1-2-22-24(21)18(15-9-5-3-6-10-15)14-13-17(23-24)19(20)16-11-7-4-8-12-16/h3-12,18H,2,13-14H2,1H3/b19-17-. The minimum atomic E-state index is -3.26. The molecule has 2 aromatic carbocycles. The van der Waals surface area contributed by atoms with Gasteiger partial charge in [0.15, 0.2) is 11.4 Å². The number of hydrogen-bond donors (Lipinski definition) is 0. The van der Waals surface area contributed by atoms with Gasteiger partial charge in [-0.05, 0) is 34.0 Å². The second kappa shape index (κ2) is 7.79. The minimum Gasteiger partial charge on any atom is -0.624 e. The highest BCUT2D eigenvalue weighted by Crippen LogP contribution is 2.70. The largest absolute Gasteiger partial charge is 0.624 e. The van der Waals surface area contributed by atoms with Crippen LogP contribution in [-0.2, 0) is 9.05 Å². The molecule has 1 aliphatic rings. The predicted molar refractivity (Wildman–Crippen MR) is 100 cm³/mol. The van der Waals surface area contributed by atoms with Gasteiger partial charge in [-0.25, -0.2) is 4.52 Å². The summed E-state index contributed by atoms with van der Waals surface area (Å²) in [6, 6.07) is 19.7. The Morgan fingerprint density at radius 3 is 2.42 bits per heavy atom. The van der Waals surface area contributed by atoms with E-state index in [0.29, 0.717) is 18.8 Å². The Hall–Kier alpha value is -1.19. The number of hydrogen-bond acceptors (Lipinski definition) is 3. The van der Waals surface area contributed by atoms with Gasteiger partial charge in [-0.3, -0.25) is 0 Å². The molecule has 1 fully saturated rings. The van der Waals surface area contributed by atoms with Gasteiger partial charge in [-0.15, -0.1) is 0 Å². The molecule has 0 radical (unpaired) electrons. The van der Waals surface area contributed by atoms with E-state index >= 15 is 0 Å². The number of benzene rings is 2. The van der Waals surface area contributed by atoms with Gasteiger partial charge < -0.3 is 9.42 Å². The Balaban J connectivity index is 1.92. The summed E-state index contributed by atoms with van der Waals surface area (Å²) in [5.74, 6) is 0.699. The van der Waals surface area contributed by atoms with Gasteiger partial charge in [0.2, 0.25) is 0 Å². The molecule has 0 amide bonds. The van der Waals surface area contributed by atoms with Crippen LogP contribution in [0.2, 0.25) is 0 Å². The van der Waals surface area contributed by atoms with E-state index < -0.39 is 7.94 Å². The lowest BCUT2D eigenvalue weighted by atomic mass is 10.1. The fraction of sp³-hybridized carbons (Fsp3) is 0.263. The minimum absolute atomic E-state index is 0.224. The second-order valence-electron chi connectivity index (χ2n) is 5.62. The van der Waals surface area contributed by atoms with Crippen LogP contribution in [0.5, 0.6) is 0 Å². The molecule has 0 aromatic heterocycles.